The lowest BCUT2D eigenvalue weighted by Crippen LogP contribution is -2.36. The maximum atomic E-state index is 12.2. The van der Waals surface area contributed by atoms with Gasteiger partial charge in [-0.1, -0.05) is 18.2 Å². The number of hydrogen-bond donors (Lipinski definition) is 2. The van der Waals surface area contributed by atoms with Crippen LogP contribution in [0.1, 0.15) is 5.56 Å². The topological polar surface area (TPSA) is 59.6 Å². The number of carbonyl (C=O) groups excluding carboxylic acids is 1. The molecular formula is C14H21ClF2N2O3. The second-order valence-electron chi connectivity index (χ2n) is 4.26. The third-order valence-corrected chi connectivity index (χ3v) is 2.67. The van der Waals surface area contributed by atoms with Crippen molar-refractivity contribution in [3.05, 3.63) is 29.8 Å². The van der Waals surface area contributed by atoms with Crippen LogP contribution in [-0.4, -0.2) is 45.9 Å². The van der Waals surface area contributed by atoms with Crippen LogP contribution in [0.3, 0.4) is 0 Å². The highest BCUT2D eigenvalue weighted by atomic mass is 35.5. The summed E-state index contributed by atoms with van der Waals surface area (Å²) in [6, 6.07) is 6.54. The normalized spacial score (nSPS) is 10.2. The molecule has 0 unspecified atom stereocenters. The Bertz CT molecular complexity index is 436. The fourth-order valence-corrected chi connectivity index (χ4v) is 1.70. The summed E-state index contributed by atoms with van der Waals surface area (Å²) >= 11 is 0. The second kappa shape index (κ2) is 12.1. The lowest BCUT2D eigenvalue weighted by molar-refractivity contribution is -0.120. The number of methoxy groups -OCH3 is 1. The summed E-state index contributed by atoms with van der Waals surface area (Å²) in [5, 5.41) is 5.61. The molecule has 1 rings (SSSR count). The molecule has 0 atom stereocenters. The average Bonchev–Trinajstić information content (AvgIpc) is 2.45. The molecule has 0 saturated heterocycles. The Balaban J connectivity index is 0.00000441. The van der Waals surface area contributed by atoms with Crippen LogP contribution in [0.5, 0.6) is 5.75 Å². The smallest absolute Gasteiger partial charge is 0.387 e. The molecule has 1 aromatic carbocycles. The number of amides is 1. The largest absolute Gasteiger partial charge is 0.435 e. The van der Waals surface area contributed by atoms with Crippen molar-refractivity contribution in [1.29, 1.82) is 0 Å². The Labute approximate surface area is 134 Å². The molecule has 2 N–H and O–H groups in total. The molecular weight excluding hydrogens is 318 g/mol. The maximum absolute atomic E-state index is 12.2. The molecule has 0 aliphatic carbocycles. The van der Waals surface area contributed by atoms with Crippen LogP contribution in [0, 0.1) is 0 Å². The molecule has 0 saturated carbocycles. The zero-order chi connectivity index (χ0) is 15.5. The van der Waals surface area contributed by atoms with E-state index in [1.807, 2.05) is 0 Å². The predicted molar refractivity (Wildman–Crippen MR) is 81.8 cm³/mol. The minimum absolute atomic E-state index is 0. The first-order valence-electron chi connectivity index (χ1n) is 6.62. The van der Waals surface area contributed by atoms with Gasteiger partial charge in [-0.2, -0.15) is 8.78 Å². The summed E-state index contributed by atoms with van der Waals surface area (Å²) in [6.07, 6.45) is 0.423. The fraction of sp³-hybridized carbons (Fsp3) is 0.500. The number of para-hydroxylation sites is 1. The van der Waals surface area contributed by atoms with E-state index in [0.29, 0.717) is 31.7 Å². The summed E-state index contributed by atoms with van der Waals surface area (Å²) in [4.78, 5) is 11.5. The molecule has 0 aromatic heterocycles. The van der Waals surface area contributed by atoms with E-state index in [2.05, 4.69) is 15.4 Å². The number of halogens is 3. The number of hydrogen-bond acceptors (Lipinski definition) is 4. The van der Waals surface area contributed by atoms with E-state index in [0.717, 1.165) is 0 Å². The molecule has 0 aliphatic rings. The van der Waals surface area contributed by atoms with E-state index in [1.165, 1.54) is 6.07 Å². The van der Waals surface area contributed by atoms with E-state index in [1.54, 1.807) is 25.3 Å². The van der Waals surface area contributed by atoms with Gasteiger partial charge in [0.05, 0.1) is 13.2 Å². The van der Waals surface area contributed by atoms with E-state index < -0.39 is 6.61 Å². The average molecular weight is 339 g/mol. The van der Waals surface area contributed by atoms with Crippen LogP contribution in [-0.2, 0) is 16.0 Å². The van der Waals surface area contributed by atoms with Gasteiger partial charge in [0.1, 0.15) is 5.75 Å². The minimum atomic E-state index is -2.86. The maximum Gasteiger partial charge on any atom is 0.387 e. The molecule has 0 radical (unpaired) electrons. The first-order valence-corrected chi connectivity index (χ1v) is 6.62. The van der Waals surface area contributed by atoms with Crippen molar-refractivity contribution >= 4 is 18.3 Å². The highest BCUT2D eigenvalue weighted by Crippen LogP contribution is 2.20. The number of carbonyl (C=O) groups is 1. The summed E-state index contributed by atoms with van der Waals surface area (Å²) < 4.78 is 33.7. The Morgan fingerprint density at radius 1 is 1.27 bits per heavy atom. The van der Waals surface area contributed by atoms with Gasteiger partial charge in [-0.25, -0.2) is 0 Å². The van der Waals surface area contributed by atoms with Crippen molar-refractivity contribution in [2.24, 2.45) is 0 Å². The molecule has 1 amide bonds. The number of rotatable bonds is 10. The van der Waals surface area contributed by atoms with Gasteiger partial charge in [-0.3, -0.25) is 4.79 Å². The van der Waals surface area contributed by atoms with Gasteiger partial charge in [0.2, 0.25) is 5.91 Å². The lowest BCUT2D eigenvalue weighted by atomic mass is 10.1. The van der Waals surface area contributed by atoms with Gasteiger partial charge < -0.3 is 20.1 Å². The van der Waals surface area contributed by atoms with Crippen molar-refractivity contribution in [3.8, 4) is 5.75 Å². The van der Waals surface area contributed by atoms with Crippen molar-refractivity contribution in [2.75, 3.05) is 33.4 Å². The predicted octanol–water partition coefficient (Wildman–Crippen LogP) is 1.60. The van der Waals surface area contributed by atoms with Gasteiger partial charge in [0.25, 0.3) is 0 Å². The summed E-state index contributed by atoms with van der Waals surface area (Å²) in [7, 11) is 1.58. The third-order valence-electron chi connectivity index (χ3n) is 2.67. The van der Waals surface area contributed by atoms with E-state index >= 15 is 0 Å². The van der Waals surface area contributed by atoms with Gasteiger partial charge in [-0.15, -0.1) is 12.4 Å². The van der Waals surface area contributed by atoms with Gasteiger partial charge >= 0.3 is 6.61 Å². The Hall–Kier alpha value is -1.44. The molecule has 5 nitrogen and oxygen atoms in total. The standard InChI is InChI=1S/C14H20F2N2O3.ClH/c1-20-9-8-17-10-13(19)18-7-6-11-4-2-3-5-12(11)21-14(15)16;/h2-5,14,17H,6-10H2,1H3,(H,18,19);1H. The molecule has 0 spiro atoms. The van der Waals surface area contributed by atoms with Crippen LogP contribution in [0.15, 0.2) is 24.3 Å². The van der Waals surface area contributed by atoms with Gasteiger partial charge in [-0.05, 0) is 18.1 Å². The molecule has 1 aromatic rings. The van der Waals surface area contributed by atoms with Crippen LogP contribution >= 0.6 is 12.4 Å². The first kappa shape index (κ1) is 20.6. The van der Waals surface area contributed by atoms with Crippen molar-refractivity contribution in [2.45, 2.75) is 13.0 Å². The van der Waals surface area contributed by atoms with Crippen molar-refractivity contribution in [1.82, 2.24) is 10.6 Å². The highest BCUT2D eigenvalue weighted by Gasteiger charge is 2.09. The molecule has 22 heavy (non-hydrogen) atoms. The molecule has 0 bridgehead atoms. The van der Waals surface area contributed by atoms with Crippen LogP contribution in [0.25, 0.3) is 0 Å². The zero-order valence-corrected chi connectivity index (χ0v) is 13.1. The quantitative estimate of drug-likeness (QED) is 0.636. The SMILES string of the molecule is COCCNCC(=O)NCCc1ccccc1OC(F)F.Cl. The number of nitrogens with one attached hydrogen (secondary N) is 2. The lowest BCUT2D eigenvalue weighted by Gasteiger charge is -2.11. The van der Waals surface area contributed by atoms with Crippen LogP contribution in [0.4, 0.5) is 8.78 Å². The third kappa shape index (κ3) is 8.76. The van der Waals surface area contributed by atoms with E-state index in [-0.39, 0.29) is 30.6 Å². The zero-order valence-electron chi connectivity index (χ0n) is 12.3. The Kier molecular flexibility index (Phi) is 11.3. The summed E-state index contributed by atoms with van der Waals surface area (Å²) in [5.74, 6) is -0.0154. The van der Waals surface area contributed by atoms with Crippen molar-refractivity contribution in [3.63, 3.8) is 0 Å². The Morgan fingerprint density at radius 2 is 2.00 bits per heavy atom. The van der Waals surface area contributed by atoms with E-state index in [9.17, 15) is 13.6 Å². The summed E-state index contributed by atoms with van der Waals surface area (Å²) in [5.41, 5.74) is 0.630. The molecule has 8 heteroatoms. The number of benzene rings is 1. The van der Waals surface area contributed by atoms with Crippen LogP contribution in [0.2, 0.25) is 0 Å². The Morgan fingerprint density at radius 3 is 2.68 bits per heavy atom. The fourth-order valence-electron chi connectivity index (χ4n) is 1.70. The molecule has 0 heterocycles. The van der Waals surface area contributed by atoms with Crippen molar-refractivity contribution < 1.29 is 23.0 Å². The monoisotopic (exact) mass is 338 g/mol. The highest BCUT2D eigenvalue weighted by molar-refractivity contribution is 5.85. The van der Waals surface area contributed by atoms with Gasteiger partial charge in [0.15, 0.2) is 0 Å². The number of alkyl halides is 2. The molecule has 0 aliphatic heterocycles. The number of ether oxygens (including phenoxy) is 2. The molecule has 0 fully saturated rings. The summed E-state index contributed by atoms with van der Waals surface area (Å²) in [6.45, 7) is -1.18. The van der Waals surface area contributed by atoms with Crippen LogP contribution < -0.4 is 15.4 Å². The van der Waals surface area contributed by atoms with Gasteiger partial charge in [0, 0.05) is 20.2 Å². The molecule has 126 valence electrons. The van der Waals surface area contributed by atoms with E-state index in [4.69, 9.17) is 4.74 Å². The minimum Gasteiger partial charge on any atom is -0.435 e. The first-order chi connectivity index (χ1) is 10.1. The second-order valence-corrected chi connectivity index (χ2v) is 4.26.